The molecule has 1 aliphatic rings. The molecular weight excluding hydrogens is 415 g/mol. The summed E-state index contributed by atoms with van der Waals surface area (Å²) in [4.78, 5) is 25.1. The van der Waals surface area contributed by atoms with Crippen molar-refractivity contribution < 1.29 is 23.1 Å². The molecule has 0 radical (unpaired) electrons. The van der Waals surface area contributed by atoms with Gasteiger partial charge in [0.1, 0.15) is 6.04 Å². The van der Waals surface area contributed by atoms with Crippen molar-refractivity contribution in [2.24, 2.45) is 0 Å². The minimum atomic E-state index is -4.29. The van der Waals surface area contributed by atoms with E-state index in [0.29, 0.717) is 5.69 Å². The van der Waals surface area contributed by atoms with Crippen LogP contribution in [0.15, 0.2) is 47.4 Å². The van der Waals surface area contributed by atoms with Crippen LogP contribution in [-0.2, 0) is 19.6 Å². The maximum absolute atomic E-state index is 13.3. The van der Waals surface area contributed by atoms with Crippen molar-refractivity contribution in [2.75, 3.05) is 16.3 Å². The Morgan fingerprint density at radius 1 is 1.11 bits per heavy atom. The van der Waals surface area contributed by atoms with Crippen LogP contribution in [0.3, 0.4) is 0 Å². The van der Waals surface area contributed by atoms with E-state index >= 15 is 0 Å². The summed E-state index contributed by atoms with van der Waals surface area (Å²) in [6, 6.07) is 8.69. The Labute approximate surface area is 165 Å². The van der Waals surface area contributed by atoms with Crippen molar-refractivity contribution in [1.29, 1.82) is 0 Å². The van der Waals surface area contributed by atoms with Gasteiger partial charge in [-0.3, -0.25) is 13.9 Å². The highest BCUT2D eigenvalue weighted by Gasteiger charge is 2.44. The molecule has 1 atom stereocenters. The number of carboxylic acids is 1. The fourth-order valence-corrected chi connectivity index (χ4v) is 4.94. The Morgan fingerprint density at radius 3 is 2.33 bits per heavy atom. The second kappa shape index (κ2) is 7.03. The number of aliphatic carboxylic acids is 1. The molecule has 0 aromatic heterocycles. The summed E-state index contributed by atoms with van der Waals surface area (Å²) >= 11 is 11.8. The van der Waals surface area contributed by atoms with E-state index in [9.17, 15) is 23.1 Å². The zero-order chi connectivity index (χ0) is 19.9. The molecule has 27 heavy (non-hydrogen) atoms. The number of rotatable bonds is 4. The zero-order valence-electron chi connectivity index (χ0n) is 14.0. The second-order valence-electron chi connectivity index (χ2n) is 5.88. The van der Waals surface area contributed by atoms with E-state index in [1.807, 2.05) is 0 Å². The Hall–Kier alpha value is -2.29. The first-order valence-electron chi connectivity index (χ1n) is 7.72. The molecule has 0 spiro atoms. The maximum Gasteiger partial charge on any atom is 0.306 e. The molecule has 0 aliphatic carbocycles. The normalized spacial score (nSPS) is 17.0. The van der Waals surface area contributed by atoms with E-state index in [1.165, 1.54) is 36.2 Å². The topological polar surface area (TPSA) is 95.0 Å². The van der Waals surface area contributed by atoms with Gasteiger partial charge in [-0.05, 0) is 30.3 Å². The first-order chi connectivity index (χ1) is 12.6. The summed E-state index contributed by atoms with van der Waals surface area (Å²) in [7, 11) is -2.82. The molecule has 0 saturated heterocycles. The predicted molar refractivity (Wildman–Crippen MR) is 102 cm³/mol. The van der Waals surface area contributed by atoms with E-state index in [4.69, 9.17) is 23.2 Å². The van der Waals surface area contributed by atoms with Crippen LogP contribution in [0.25, 0.3) is 0 Å². The summed E-state index contributed by atoms with van der Waals surface area (Å²) in [5.74, 6) is -1.93. The Morgan fingerprint density at radius 2 is 1.74 bits per heavy atom. The molecule has 1 heterocycles. The first kappa shape index (κ1) is 19.5. The van der Waals surface area contributed by atoms with Gasteiger partial charge in [-0.15, -0.1) is 0 Å². The van der Waals surface area contributed by atoms with Crippen molar-refractivity contribution in [3.63, 3.8) is 0 Å². The van der Waals surface area contributed by atoms with Crippen molar-refractivity contribution in [1.82, 2.24) is 0 Å². The highest BCUT2D eigenvalue weighted by molar-refractivity contribution is 7.93. The summed E-state index contributed by atoms with van der Waals surface area (Å²) in [5, 5.41) is 9.42. The van der Waals surface area contributed by atoms with Crippen LogP contribution in [0, 0.1) is 0 Å². The number of anilines is 2. The molecule has 1 amide bonds. The van der Waals surface area contributed by atoms with Crippen LogP contribution in [0.1, 0.15) is 6.42 Å². The number of carboxylic acid groups (broad SMARTS) is 1. The number of carbonyl (C=O) groups is 2. The fourth-order valence-electron chi connectivity index (χ4n) is 2.93. The van der Waals surface area contributed by atoms with Gasteiger partial charge in [-0.2, -0.15) is 0 Å². The van der Waals surface area contributed by atoms with Gasteiger partial charge in [0, 0.05) is 7.05 Å². The molecule has 10 heteroatoms. The SMILES string of the molecule is CN1C(=O)C(CC(=O)O)N(S(=O)(=O)c2ccc(Cl)c(Cl)c2)c2ccccc21. The van der Waals surface area contributed by atoms with Gasteiger partial charge in [-0.25, -0.2) is 8.42 Å². The third-order valence-electron chi connectivity index (χ3n) is 4.20. The van der Waals surface area contributed by atoms with E-state index in [0.717, 1.165) is 4.31 Å². The third kappa shape index (κ3) is 3.36. The first-order valence-corrected chi connectivity index (χ1v) is 9.92. The number of carbonyl (C=O) groups excluding carboxylic acids is 1. The van der Waals surface area contributed by atoms with Crippen molar-refractivity contribution in [2.45, 2.75) is 17.4 Å². The highest BCUT2D eigenvalue weighted by Crippen LogP contribution is 2.40. The number of hydrogen-bond acceptors (Lipinski definition) is 4. The largest absolute Gasteiger partial charge is 0.481 e. The van der Waals surface area contributed by atoms with E-state index in [-0.39, 0.29) is 20.6 Å². The van der Waals surface area contributed by atoms with E-state index in [2.05, 4.69) is 0 Å². The predicted octanol–water partition coefficient (Wildman–Crippen LogP) is 3.01. The van der Waals surface area contributed by atoms with Crippen LogP contribution < -0.4 is 9.21 Å². The van der Waals surface area contributed by atoms with Crippen molar-refractivity contribution >= 4 is 56.5 Å². The number of hydrogen-bond donors (Lipinski definition) is 1. The molecule has 1 unspecified atom stereocenters. The van der Waals surface area contributed by atoms with Gasteiger partial charge in [0.15, 0.2) is 0 Å². The van der Waals surface area contributed by atoms with Gasteiger partial charge in [-0.1, -0.05) is 35.3 Å². The van der Waals surface area contributed by atoms with Crippen LogP contribution >= 0.6 is 23.2 Å². The molecular formula is C17H14Cl2N2O5S. The monoisotopic (exact) mass is 428 g/mol. The van der Waals surface area contributed by atoms with Gasteiger partial charge in [0.2, 0.25) is 0 Å². The molecule has 0 fully saturated rings. The lowest BCUT2D eigenvalue weighted by Crippen LogP contribution is -2.55. The smallest absolute Gasteiger partial charge is 0.306 e. The minimum Gasteiger partial charge on any atom is -0.481 e. The molecule has 0 bridgehead atoms. The van der Waals surface area contributed by atoms with Crippen LogP contribution in [-0.4, -0.2) is 38.5 Å². The molecule has 3 rings (SSSR count). The maximum atomic E-state index is 13.3. The molecule has 2 aromatic carbocycles. The Bertz CT molecular complexity index is 1040. The quantitative estimate of drug-likeness (QED) is 0.807. The molecule has 1 aliphatic heterocycles. The highest BCUT2D eigenvalue weighted by atomic mass is 35.5. The number of sulfonamides is 1. The molecule has 0 saturated carbocycles. The van der Waals surface area contributed by atoms with Gasteiger partial charge in [0.25, 0.3) is 15.9 Å². The van der Waals surface area contributed by atoms with Crippen LogP contribution in [0.4, 0.5) is 11.4 Å². The van der Waals surface area contributed by atoms with Gasteiger partial charge in [0.05, 0.1) is 32.7 Å². The lowest BCUT2D eigenvalue weighted by atomic mass is 10.1. The van der Waals surface area contributed by atoms with E-state index in [1.54, 1.807) is 18.2 Å². The number of likely N-dealkylation sites (N-methyl/N-ethyl adjacent to an activating group) is 1. The number of fused-ring (bicyclic) bond motifs is 1. The minimum absolute atomic E-state index is 0.0289. The third-order valence-corrected chi connectivity index (χ3v) is 6.75. The van der Waals surface area contributed by atoms with Gasteiger partial charge < -0.3 is 10.0 Å². The second-order valence-corrected chi connectivity index (χ2v) is 8.51. The molecule has 142 valence electrons. The number of amides is 1. The fraction of sp³-hybridized carbons (Fsp3) is 0.176. The Kier molecular flexibility index (Phi) is 5.07. The van der Waals surface area contributed by atoms with Crippen LogP contribution in [0.2, 0.25) is 10.0 Å². The number of nitrogens with zero attached hydrogens (tertiary/aromatic N) is 2. The molecule has 7 nitrogen and oxygen atoms in total. The number of benzene rings is 2. The van der Waals surface area contributed by atoms with Crippen LogP contribution in [0.5, 0.6) is 0 Å². The Balaban J connectivity index is 2.24. The molecule has 1 N–H and O–H groups in total. The average Bonchev–Trinajstić information content (AvgIpc) is 2.61. The average molecular weight is 429 g/mol. The number of halogens is 2. The standard InChI is InChI=1S/C17H14Cl2N2O5S/c1-20-13-4-2-3-5-14(13)21(15(17(20)24)9-16(22)23)27(25,26)10-6-7-11(18)12(19)8-10/h2-8,15H,9H2,1H3,(H,22,23). The van der Waals surface area contributed by atoms with E-state index < -0.39 is 34.4 Å². The number of para-hydroxylation sites is 2. The molecule has 2 aromatic rings. The van der Waals surface area contributed by atoms with Crippen molar-refractivity contribution in [3.05, 3.63) is 52.5 Å². The summed E-state index contributed by atoms with van der Waals surface area (Å²) in [6.45, 7) is 0. The van der Waals surface area contributed by atoms with Gasteiger partial charge >= 0.3 is 5.97 Å². The zero-order valence-corrected chi connectivity index (χ0v) is 16.3. The lowest BCUT2D eigenvalue weighted by molar-refractivity contribution is -0.139. The summed E-state index contributed by atoms with van der Waals surface area (Å²) in [6.07, 6.45) is -0.682. The summed E-state index contributed by atoms with van der Waals surface area (Å²) < 4.78 is 27.5. The summed E-state index contributed by atoms with van der Waals surface area (Å²) in [5.41, 5.74) is 0.560. The lowest BCUT2D eigenvalue weighted by Gasteiger charge is -2.40. The van der Waals surface area contributed by atoms with Crippen molar-refractivity contribution in [3.8, 4) is 0 Å².